The van der Waals surface area contributed by atoms with E-state index in [0.717, 1.165) is 15.0 Å². The van der Waals surface area contributed by atoms with Crippen LogP contribution in [0, 0.1) is 3.57 Å². The second-order valence-corrected chi connectivity index (χ2v) is 4.68. The maximum atomic E-state index is 11.7. The lowest BCUT2D eigenvalue weighted by Crippen LogP contribution is -2.40. The van der Waals surface area contributed by atoms with E-state index < -0.39 is 0 Å². The van der Waals surface area contributed by atoms with Crippen LogP contribution >= 0.6 is 22.6 Å². The predicted molar refractivity (Wildman–Crippen MR) is 68.9 cm³/mol. The van der Waals surface area contributed by atoms with Gasteiger partial charge >= 0.3 is 0 Å². The number of ether oxygens (including phenoxy) is 2. The van der Waals surface area contributed by atoms with Crippen LogP contribution in [0.4, 0.5) is 5.69 Å². The third kappa shape index (κ3) is 2.30. The molecule has 1 aliphatic heterocycles. The van der Waals surface area contributed by atoms with E-state index >= 15 is 0 Å². The van der Waals surface area contributed by atoms with Crippen molar-refractivity contribution < 1.29 is 14.3 Å². The van der Waals surface area contributed by atoms with E-state index in [1.165, 1.54) is 0 Å². The summed E-state index contributed by atoms with van der Waals surface area (Å²) < 4.78 is 11.5. The summed E-state index contributed by atoms with van der Waals surface area (Å²) in [6.45, 7) is 1.19. The summed E-state index contributed by atoms with van der Waals surface area (Å²) in [6.07, 6.45) is 0. The molecule has 0 spiro atoms. The molecule has 86 valence electrons. The summed E-state index contributed by atoms with van der Waals surface area (Å²) in [6, 6.07) is 5.80. The van der Waals surface area contributed by atoms with Crippen molar-refractivity contribution in [1.29, 1.82) is 0 Å². The van der Waals surface area contributed by atoms with Crippen LogP contribution in [0.2, 0.25) is 0 Å². The van der Waals surface area contributed by atoms with Gasteiger partial charge in [-0.25, -0.2) is 0 Å². The molecular formula is C11H12INO3. The van der Waals surface area contributed by atoms with Gasteiger partial charge in [0.25, 0.3) is 5.91 Å². The minimum Gasteiger partial charge on any atom is -0.482 e. The number of halogens is 1. The van der Waals surface area contributed by atoms with Crippen molar-refractivity contribution in [1.82, 2.24) is 0 Å². The summed E-state index contributed by atoms with van der Waals surface area (Å²) in [5.41, 5.74) is 0.828. The number of fused-ring (bicyclic) bond motifs is 1. The van der Waals surface area contributed by atoms with Gasteiger partial charge in [-0.3, -0.25) is 4.79 Å². The van der Waals surface area contributed by atoms with Crippen LogP contribution in [0.15, 0.2) is 18.2 Å². The fraction of sp³-hybridized carbons (Fsp3) is 0.364. The number of carbonyl (C=O) groups excluding carboxylic acids is 1. The Labute approximate surface area is 108 Å². The lowest BCUT2D eigenvalue weighted by Gasteiger charge is -2.29. The highest BCUT2D eigenvalue weighted by atomic mass is 127. The van der Waals surface area contributed by atoms with E-state index in [1.54, 1.807) is 12.0 Å². The van der Waals surface area contributed by atoms with Gasteiger partial charge in [0.2, 0.25) is 0 Å². The number of carbonyl (C=O) groups is 1. The van der Waals surface area contributed by atoms with Crippen LogP contribution in [-0.2, 0) is 9.53 Å². The summed E-state index contributed by atoms with van der Waals surface area (Å²) in [5, 5.41) is 0. The zero-order valence-electron chi connectivity index (χ0n) is 8.90. The molecule has 0 N–H and O–H groups in total. The molecule has 0 saturated carbocycles. The van der Waals surface area contributed by atoms with E-state index in [-0.39, 0.29) is 12.5 Å². The molecule has 1 aliphatic rings. The Balaban J connectivity index is 2.29. The fourth-order valence-corrected chi connectivity index (χ4v) is 2.07. The highest BCUT2D eigenvalue weighted by molar-refractivity contribution is 14.1. The van der Waals surface area contributed by atoms with Crippen molar-refractivity contribution in [3.05, 3.63) is 21.8 Å². The number of hydrogen-bond donors (Lipinski definition) is 0. The zero-order valence-corrected chi connectivity index (χ0v) is 11.1. The Morgan fingerprint density at radius 1 is 1.56 bits per heavy atom. The van der Waals surface area contributed by atoms with Gasteiger partial charge < -0.3 is 14.4 Å². The van der Waals surface area contributed by atoms with Crippen molar-refractivity contribution in [2.75, 3.05) is 31.8 Å². The van der Waals surface area contributed by atoms with E-state index in [0.29, 0.717) is 13.2 Å². The minimum absolute atomic E-state index is 0.0224. The summed E-state index contributed by atoms with van der Waals surface area (Å²) in [5.74, 6) is 0.744. The maximum absolute atomic E-state index is 11.7. The number of benzene rings is 1. The molecule has 16 heavy (non-hydrogen) atoms. The molecule has 4 nitrogen and oxygen atoms in total. The summed E-state index contributed by atoms with van der Waals surface area (Å²) in [7, 11) is 1.62. The molecule has 5 heteroatoms. The third-order valence-corrected chi connectivity index (χ3v) is 3.05. The standard InChI is InChI=1S/C11H12INO3/c1-15-5-4-13-9-3-2-8(12)6-10(9)16-7-11(13)14/h2-3,6H,4-5,7H2,1H3. The summed E-state index contributed by atoms with van der Waals surface area (Å²) in [4.78, 5) is 13.4. The van der Waals surface area contributed by atoms with Crippen LogP contribution < -0.4 is 9.64 Å². The lowest BCUT2D eigenvalue weighted by molar-refractivity contribution is -0.121. The highest BCUT2D eigenvalue weighted by Gasteiger charge is 2.24. The molecule has 1 aromatic carbocycles. The molecule has 1 heterocycles. The van der Waals surface area contributed by atoms with E-state index in [9.17, 15) is 4.79 Å². The lowest BCUT2D eigenvalue weighted by atomic mass is 10.2. The van der Waals surface area contributed by atoms with Crippen LogP contribution in [0.5, 0.6) is 5.75 Å². The monoisotopic (exact) mass is 333 g/mol. The van der Waals surface area contributed by atoms with Crippen molar-refractivity contribution in [3.63, 3.8) is 0 Å². The van der Waals surface area contributed by atoms with Gasteiger partial charge in [-0.1, -0.05) is 0 Å². The van der Waals surface area contributed by atoms with Gasteiger partial charge in [0.15, 0.2) is 6.61 Å². The van der Waals surface area contributed by atoms with Crippen molar-refractivity contribution in [2.24, 2.45) is 0 Å². The first-order valence-electron chi connectivity index (χ1n) is 4.94. The van der Waals surface area contributed by atoms with E-state index in [4.69, 9.17) is 9.47 Å². The Hall–Kier alpha value is -0.820. The molecule has 1 amide bonds. The predicted octanol–water partition coefficient (Wildman–Crippen LogP) is 1.66. The van der Waals surface area contributed by atoms with Crippen molar-refractivity contribution >= 4 is 34.2 Å². The van der Waals surface area contributed by atoms with Gasteiger partial charge in [0.05, 0.1) is 12.3 Å². The number of rotatable bonds is 3. The molecule has 1 aromatic rings. The molecule has 0 saturated heterocycles. The Morgan fingerprint density at radius 2 is 2.38 bits per heavy atom. The average Bonchev–Trinajstić information content (AvgIpc) is 2.28. The molecule has 0 radical (unpaired) electrons. The Kier molecular flexibility index (Phi) is 3.65. The van der Waals surface area contributed by atoms with Crippen LogP contribution in [0.25, 0.3) is 0 Å². The van der Waals surface area contributed by atoms with Crippen LogP contribution in [-0.4, -0.2) is 32.8 Å². The quantitative estimate of drug-likeness (QED) is 0.790. The van der Waals surface area contributed by atoms with E-state index in [1.807, 2.05) is 18.2 Å². The van der Waals surface area contributed by atoms with Gasteiger partial charge in [-0.2, -0.15) is 0 Å². The van der Waals surface area contributed by atoms with Gasteiger partial charge in [0, 0.05) is 17.2 Å². The molecular weight excluding hydrogens is 321 g/mol. The van der Waals surface area contributed by atoms with Gasteiger partial charge in [-0.05, 0) is 40.8 Å². The third-order valence-electron chi connectivity index (χ3n) is 2.38. The van der Waals surface area contributed by atoms with Crippen molar-refractivity contribution in [3.8, 4) is 5.75 Å². The SMILES string of the molecule is COCCN1C(=O)COc2cc(I)ccc21. The molecule has 0 atom stereocenters. The van der Waals surface area contributed by atoms with E-state index in [2.05, 4.69) is 22.6 Å². The second kappa shape index (κ2) is 5.01. The Morgan fingerprint density at radius 3 is 3.12 bits per heavy atom. The first kappa shape index (κ1) is 11.7. The van der Waals surface area contributed by atoms with Gasteiger partial charge in [-0.15, -0.1) is 0 Å². The largest absolute Gasteiger partial charge is 0.482 e. The van der Waals surface area contributed by atoms with Crippen LogP contribution in [0.3, 0.4) is 0 Å². The second-order valence-electron chi connectivity index (χ2n) is 3.44. The van der Waals surface area contributed by atoms with Gasteiger partial charge in [0.1, 0.15) is 5.75 Å². The normalized spacial score (nSPS) is 14.6. The molecule has 0 unspecified atom stereocenters. The fourth-order valence-electron chi connectivity index (χ4n) is 1.61. The zero-order chi connectivity index (χ0) is 11.5. The first-order chi connectivity index (χ1) is 7.72. The van der Waals surface area contributed by atoms with Crippen molar-refractivity contribution in [2.45, 2.75) is 0 Å². The highest BCUT2D eigenvalue weighted by Crippen LogP contribution is 2.33. The minimum atomic E-state index is -0.0224. The molecule has 0 fully saturated rings. The molecule has 2 rings (SSSR count). The number of hydrogen-bond acceptors (Lipinski definition) is 3. The Bertz CT molecular complexity index is 408. The maximum Gasteiger partial charge on any atom is 0.265 e. The average molecular weight is 333 g/mol. The molecule has 0 aromatic heterocycles. The first-order valence-corrected chi connectivity index (χ1v) is 6.02. The number of nitrogens with zero attached hydrogens (tertiary/aromatic N) is 1. The topological polar surface area (TPSA) is 38.8 Å². The smallest absolute Gasteiger partial charge is 0.265 e. The number of amides is 1. The summed E-state index contributed by atoms with van der Waals surface area (Å²) >= 11 is 2.22. The number of anilines is 1. The molecule has 0 aliphatic carbocycles. The number of methoxy groups -OCH3 is 1. The van der Waals surface area contributed by atoms with Crippen LogP contribution in [0.1, 0.15) is 0 Å². The molecule has 0 bridgehead atoms.